The summed E-state index contributed by atoms with van der Waals surface area (Å²) < 4.78 is 88.3. The molecule has 0 saturated carbocycles. The van der Waals surface area contributed by atoms with Gasteiger partial charge >= 0.3 is 23.7 Å². The SMILES string of the molecule is O=c1[nH]c(=O)c2[nH]c(C(F)(F)C(F)(F)C(F)(F)F)nc2[nH]1. The van der Waals surface area contributed by atoms with E-state index >= 15 is 0 Å². The van der Waals surface area contributed by atoms with Crippen molar-refractivity contribution in [1.29, 1.82) is 0 Å². The second-order valence-electron chi connectivity index (χ2n) is 3.86. The number of fused-ring (bicyclic) bond motifs is 1. The Bertz CT molecular complexity index is 799. The number of hydrogen-bond acceptors (Lipinski definition) is 3. The first-order valence-corrected chi connectivity index (χ1v) is 4.93. The van der Waals surface area contributed by atoms with E-state index in [1.54, 1.807) is 9.97 Å². The van der Waals surface area contributed by atoms with Crippen LogP contribution >= 0.6 is 0 Å². The molecule has 0 aromatic carbocycles. The Hall–Kier alpha value is -2.34. The molecule has 3 N–H and O–H groups in total. The molecule has 0 aliphatic carbocycles. The third-order valence-electron chi connectivity index (χ3n) is 2.44. The predicted molar refractivity (Wildman–Crippen MR) is 52.2 cm³/mol. The fraction of sp³-hybridized carbons (Fsp3) is 0.375. The van der Waals surface area contributed by atoms with Crippen LogP contribution in [-0.2, 0) is 5.92 Å². The number of halogens is 7. The van der Waals surface area contributed by atoms with Gasteiger partial charge in [0, 0.05) is 0 Å². The number of nitrogens with one attached hydrogen (secondary N) is 3. The summed E-state index contributed by atoms with van der Waals surface area (Å²) in [4.78, 5) is 29.4. The summed E-state index contributed by atoms with van der Waals surface area (Å²) in [5, 5.41) is 0. The maximum absolute atomic E-state index is 13.3. The third kappa shape index (κ3) is 2.08. The van der Waals surface area contributed by atoms with Crippen molar-refractivity contribution in [3.63, 3.8) is 0 Å². The molecule has 0 amide bonds. The minimum Gasteiger partial charge on any atom is -0.331 e. The van der Waals surface area contributed by atoms with Gasteiger partial charge in [0.1, 0.15) is 5.52 Å². The van der Waals surface area contributed by atoms with E-state index in [-0.39, 0.29) is 0 Å². The predicted octanol–water partition coefficient (Wildman–Crippen LogP) is 1.23. The van der Waals surface area contributed by atoms with Crippen molar-refractivity contribution in [2.45, 2.75) is 18.0 Å². The highest BCUT2D eigenvalue weighted by molar-refractivity contribution is 5.68. The fourth-order valence-electron chi connectivity index (χ4n) is 1.41. The second-order valence-corrected chi connectivity index (χ2v) is 3.86. The molecule has 0 aliphatic heterocycles. The maximum atomic E-state index is 13.3. The lowest BCUT2D eigenvalue weighted by atomic mass is 10.1. The van der Waals surface area contributed by atoms with Gasteiger partial charge in [-0.15, -0.1) is 0 Å². The van der Waals surface area contributed by atoms with Crippen molar-refractivity contribution < 1.29 is 30.7 Å². The summed E-state index contributed by atoms with van der Waals surface area (Å²) in [6.07, 6.45) is -6.55. The third-order valence-corrected chi connectivity index (χ3v) is 2.44. The molecule has 0 atom stereocenters. The molecular weight excluding hydrogens is 317 g/mol. The van der Waals surface area contributed by atoms with Crippen molar-refractivity contribution in [2.24, 2.45) is 0 Å². The highest BCUT2D eigenvalue weighted by atomic mass is 19.4. The maximum Gasteiger partial charge on any atom is 0.460 e. The van der Waals surface area contributed by atoms with Crippen LogP contribution < -0.4 is 11.2 Å². The zero-order valence-electron chi connectivity index (χ0n) is 9.41. The molecular formula is C8H3F7N4O2. The van der Waals surface area contributed by atoms with Crippen LogP contribution in [0.2, 0.25) is 0 Å². The number of imidazole rings is 1. The van der Waals surface area contributed by atoms with Crippen LogP contribution in [0.1, 0.15) is 5.82 Å². The van der Waals surface area contributed by atoms with Gasteiger partial charge in [0.05, 0.1) is 0 Å². The van der Waals surface area contributed by atoms with Gasteiger partial charge in [0.25, 0.3) is 5.56 Å². The monoisotopic (exact) mass is 320 g/mol. The first kappa shape index (κ1) is 15.1. The lowest BCUT2D eigenvalue weighted by Crippen LogP contribution is -2.50. The zero-order chi connectivity index (χ0) is 16.2. The van der Waals surface area contributed by atoms with Gasteiger partial charge in [-0.05, 0) is 0 Å². The quantitative estimate of drug-likeness (QED) is 0.726. The zero-order valence-corrected chi connectivity index (χ0v) is 9.41. The van der Waals surface area contributed by atoms with E-state index in [1.807, 2.05) is 0 Å². The Morgan fingerprint density at radius 3 is 1.95 bits per heavy atom. The molecule has 0 radical (unpaired) electrons. The van der Waals surface area contributed by atoms with E-state index < -0.39 is 46.3 Å². The van der Waals surface area contributed by atoms with E-state index in [4.69, 9.17) is 0 Å². The summed E-state index contributed by atoms with van der Waals surface area (Å²) in [5.74, 6) is -14.3. The average molecular weight is 320 g/mol. The number of nitrogens with zero attached hydrogens (tertiary/aromatic N) is 1. The molecule has 0 aliphatic rings. The van der Waals surface area contributed by atoms with Crippen molar-refractivity contribution in [1.82, 2.24) is 19.9 Å². The minimum absolute atomic E-state index is 0.873. The Labute approximate surface area is 108 Å². The molecule has 0 fully saturated rings. The topological polar surface area (TPSA) is 94.4 Å². The molecule has 2 rings (SSSR count). The lowest BCUT2D eigenvalue weighted by molar-refractivity contribution is -0.361. The van der Waals surface area contributed by atoms with Gasteiger partial charge in [-0.3, -0.25) is 14.8 Å². The van der Waals surface area contributed by atoms with Crippen LogP contribution in [0.25, 0.3) is 11.2 Å². The largest absolute Gasteiger partial charge is 0.460 e. The van der Waals surface area contributed by atoms with Crippen LogP contribution in [0.5, 0.6) is 0 Å². The van der Waals surface area contributed by atoms with E-state index in [1.165, 1.54) is 4.98 Å². The number of H-pyrrole nitrogens is 3. The lowest BCUT2D eigenvalue weighted by Gasteiger charge is -2.26. The van der Waals surface area contributed by atoms with Gasteiger partial charge in [-0.25, -0.2) is 9.78 Å². The number of aromatic nitrogens is 4. The van der Waals surface area contributed by atoms with E-state index in [9.17, 15) is 40.3 Å². The van der Waals surface area contributed by atoms with Gasteiger partial charge in [-0.1, -0.05) is 0 Å². The Balaban J connectivity index is 2.69. The number of alkyl halides is 7. The Morgan fingerprint density at radius 1 is 0.857 bits per heavy atom. The normalized spacial score (nSPS) is 13.9. The van der Waals surface area contributed by atoms with Gasteiger partial charge in [-0.2, -0.15) is 30.7 Å². The molecule has 2 heterocycles. The van der Waals surface area contributed by atoms with Gasteiger partial charge in [0.15, 0.2) is 11.5 Å². The molecule has 21 heavy (non-hydrogen) atoms. The Kier molecular flexibility index (Phi) is 2.93. The molecule has 0 saturated heterocycles. The number of aromatic amines is 3. The first-order valence-electron chi connectivity index (χ1n) is 4.93. The number of hydrogen-bond donors (Lipinski definition) is 3. The molecule has 0 bridgehead atoms. The van der Waals surface area contributed by atoms with E-state index in [0.29, 0.717) is 0 Å². The fourth-order valence-corrected chi connectivity index (χ4v) is 1.41. The summed E-state index contributed by atoms with van der Waals surface area (Å²) in [5.41, 5.74) is -4.26. The van der Waals surface area contributed by atoms with Gasteiger partial charge < -0.3 is 4.98 Å². The highest BCUT2D eigenvalue weighted by Crippen LogP contribution is 2.50. The molecule has 0 unspecified atom stereocenters. The summed E-state index contributed by atoms with van der Waals surface area (Å²) in [6.45, 7) is 0. The first-order chi connectivity index (χ1) is 9.38. The molecule has 0 spiro atoms. The van der Waals surface area contributed by atoms with Crippen molar-refractivity contribution in [3.8, 4) is 0 Å². The van der Waals surface area contributed by atoms with Crippen molar-refractivity contribution in [2.75, 3.05) is 0 Å². The highest BCUT2D eigenvalue weighted by Gasteiger charge is 2.75. The molecule has 2 aromatic rings. The standard InChI is InChI=1S/C8H3F7N4O2/c9-6(10,7(11,12)8(13,14)15)4-16-1-2(17-4)18-5(21)19-3(1)20/h(H3,16,17,18,19,20,21). The molecule has 13 heteroatoms. The minimum atomic E-state index is -6.55. The summed E-state index contributed by atoms with van der Waals surface area (Å²) in [6, 6.07) is 0. The second kappa shape index (κ2) is 4.08. The van der Waals surface area contributed by atoms with Crippen molar-refractivity contribution >= 4 is 11.2 Å². The number of rotatable bonds is 2. The van der Waals surface area contributed by atoms with E-state index in [2.05, 4.69) is 4.98 Å². The smallest absolute Gasteiger partial charge is 0.331 e. The molecule has 2 aromatic heterocycles. The van der Waals surface area contributed by atoms with Crippen LogP contribution in [0, 0.1) is 0 Å². The van der Waals surface area contributed by atoms with Crippen molar-refractivity contribution in [3.05, 3.63) is 26.7 Å². The molecule has 116 valence electrons. The van der Waals surface area contributed by atoms with Crippen LogP contribution in [-0.4, -0.2) is 32.0 Å². The van der Waals surface area contributed by atoms with Gasteiger partial charge in [0.2, 0.25) is 0 Å². The van der Waals surface area contributed by atoms with Crippen LogP contribution in [0.4, 0.5) is 30.7 Å². The van der Waals surface area contributed by atoms with Crippen LogP contribution in [0.15, 0.2) is 9.59 Å². The summed E-state index contributed by atoms with van der Waals surface area (Å²) in [7, 11) is 0. The van der Waals surface area contributed by atoms with E-state index in [0.717, 1.165) is 0 Å². The van der Waals surface area contributed by atoms with Crippen LogP contribution in [0.3, 0.4) is 0 Å². The average Bonchev–Trinajstić information content (AvgIpc) is 2.71. The summed E-state index contributed by atoms with van der Waals surface area (Å²) >= 11 is 0. The molecule has 6 nitrogen and oxygen atoms in total. The Morgan fingerprint density at radius 2 is 1.43 bits per heavy atom.